The van der Waals surface area contributed by atoms with Crippen molar-refractivity contribution in [2.45, 2.75) is 31.2 Å². The van der Waals surface area contributed by atoms with E-state index in [0.29, 0.717) is 0 Å². The van der Waals surface area contributed by atoms with Crippen molar-refractivity contribution in [2.75, 3.05) is 18.4 Å². The van der Waals surface area contributed by atoms with Crippen molar-refractivity contribution < 1.29 is 9.69 Å². The predicted octanol–water partition coefficient (Wildman–Crippen LogP) is 2.97. The van der Waals surface area contributed by atoms with E-state index in [-0.39, 0.29) is 17.9 Å². The number of likely N-dealkylation sites (tertiary alicyclic amines) is 1. The Kier molecular flexibility index (Phi) is 4.42. The number of fused-ring (bicyclic) bond motifs is 1. The maximum absolute atomic E-state index is 13.0. The zero-order chi connectivity index (χ0) is 16.5. The second-order valence-corrected chi connectivity index (χ2v) is 7.72. The van der Waals surface area contributed by atoms with Crippen molar-refractivity contribution in [1.82, 2.24) is 0 Å². The number of amides is 1. The lowest BCUT2D eigenvalue weighted by Crippen LogP contribution is -3.18. The molecular formula is C20H22BrN2O+. The van der Waals surface area contributed by atoms with E-state index in [1.54, 1.807) is 0 Å². The highest BCUT2D eigenvalue weighted by atomic mass is 79.9. The molecule has 3 nitrogen and oxygen atoms in total. The predicted molar refractivity (Wildman–Crippen MR) is 99.4 cm³/mol. The molecule has 2 N–H and O–H groups in total. The average molecular weight is 386 g/mol. The molecule has 2 heterocycles. The minimum Gasteiger partial charge on any atom is -0.324 e. The molecule has 1 saturated heterocycles. The maximum Gasteiger partial charge on any atom is 0.283 e. The third-order valence-corrected chi connectivity index (χ3v) is 5.81. The number of carbonyl (C=O) groups is 1. The number of carbonyl (C=O) groups excluding carboxylic acids is 1. The van der Waals surface area contributed by atoms with Crippen LogP contribution in [0.2, 0.25) is 0 Å². The van der Waals surface area contributed by atoms with Crippen LogP contribution in [-0.4, -0.2) is 25.0 Å². The maximum atomic E-state index is 13.0. The Morgan fingerprint density at radius 2 is 1.75 bits per heavy atom. The largest absolute Gasteiger partial charge is 0.324 e. The molecule has 0 unspecified atom stereocenters. The van der Waals surface area contributed by atoms with E-state index in [2.05, 4.69) is 51.6 Å². The molecule has 4 rings (SSSR count). The van der Waals surface area contributed by atoms with Gasteiger partial charge in [0.15, 0.2) is 6.04 Å². The van der Waals surface area contributed by atoms with E-state index in [0.717, 1.165) is 23.2 Å². The Morgan fingerprint density at radius 1 is 1.00 bits per heavy atom. The Hall–Kier alpha value is -1.65. The quantitative estimate of drug-likeness (QED) is 0.818. The van der Waals surface area contributed by atoms with Gasteiger partial charge in [-0.25, -0.2) is 0 Å². The number of piperidine rings is 1. The first kappa shape index (κ1) is 15.9. The Balaban J connectivity index is 1.83. The van der Waals surface area contributed by atoms with E-state index < -0.39 is 0 Å². The fraction of sp³-hybridized carbons (Fsp3) is 0.350. The van der Waals surface area contributed by atoms with Gasteiger partial charge in [-0.1, -0.05) is 46.3 Å². The van der Waals surface area contributed by atoms with Crippen LogP contribution in [0.1, 0.15) is 36.3 Å². The molecule has 1 fully saturated rings. The summed E-state index contributed by atoms with van der Waals surface area (Å²) >= 11 is 3.60. The third kappa shape index (κ3) is 2.89. The van der Waals surface area contributed by atoms with Gasteiger partial charge in [0.2, 0.25) is 0 Å². The molecule has 24 heavy (non-hydrogen) atoms. The second-order valence-electron chi connectivity index (χ2n) is 6.81. The fourth-order valence-electron chi connectivity index (χ4n) is 4.22. The zero-order valence-corrected chi connectivity index (χ0v) is 15.2. The van der Waals surface area contributed by atoms with Gasteiger partial charge in [-0.15, -0.1) is 0 Å². The number of quaternary nitrogens is 1. The minimum atomic E-state index is -0.0468. The normalized spacial score (nSPS) is 24.3. The van der Waals surface area contributed by atoms with E-state index in [1.807, 2.05) is 18.2 Å². The van der Waals surface area contributed by atoms with Gasteiger partial charge in [-0.05, 0) is 48.6 Å². The summed E-state index contributed by atoms with van der Waals surface area (Å²) in [5.41, 5.74) is 3.40. The van der Waals surface area contributed by atoms with Gasteiger partial charge in [-0.2, -0.15) is 0 Å². The van der Waals surface area contributed by atoms with Crippen LogP contribution in [0.4, 0.5) is 5.69 Å². The van der Waals surface area contributed by atoms with E-state index in [1.165, 1.54) is 35.3 Å². The van der Waals surface area contributed by atoms with Crippen LogP contribution in [-0.2, 0) is 4.79 Å². The van der Waals surface area contributed by atoms with Crippen molar-refractivity contribution in [2.24, 2.45) is 0 Å². The van der Waals surface area contributed by atoms with Crippen molar-refractivity contribution >= 4 is 27.5 Å². The lowest BCUT2D eigenvalue weighted by Gasteiger charge is -2.39. The summed E-state index contributed by atoms with van der Waals surface area (Å²) in [5.74, 6) is 0.274. The SMILES string of the molecule is O=C1Nc2ccc(Br)cc2[C@H](c2ccccc2)[C@H]1[NH+]1CCCCC1. The Morgan fingerprint density at radius 3 is 2.50 bits per heavy atom. The van der Waals surface area contributed by atoms with E-state index in [9.17, 15) is 4.79 Å². The smallest absolute Gasteiger partial charge is 0.283 e. The van der Waals surface area contributed by atoms with Crippen molar-refractivity contribution in [3.63, 3.8) is 0 Å². The number of anilines is 1. The molecule has 2 aliphatic rings. The van der Waals surface area contributed by atoms with Crippen LogP contribution < -0.4 is 10.2 Å². The van der Waals surface area contributed by atoms with Gasteiger partial charge in [0.05, 0.1) is 19.0 Å². The highest BCUT2D eigenvalue weighted by molar-refractivity contribution is 9.10. The number of nitrogens with one attached hydrogen (secondary N) is 2. The molecule has 0 saturated carbocycles. The first-order chi connectivity index (χ1) is 11.7. The van der Waals surface area contributed by atoms with Gasteiger partial charge in [0.1, 0.15) is 0 Å². The molecular weight excluding hydrogens is 364 g/mol. The highest BCUT2D eigenvalue weighted by Gasteiger charge is 2.44. The summed E-state index contributed by atoms with van der Waals surface area (Å²) in [4.78, 5) is 14.4. The first-order valence-electron chi connectivity index (χ1n) is 8.74. The van der Waals surface area contributed by atoms with Crippen LogP contribution in [0.5, 0.6) is 0 Å². The molecule has 0 spiro atoms. The molecule has 0 aliphatic carbocycles. The fourth-order valence-corrected chi connectivity index (χ4v) is 4.60. The number of benzene rings is 2. The van der Waals surface area contributed by atoms with E-state index >= 15 is 0 Å². The van der Waals surface area contributed by atoms with Gasteiger partial charge in [0, 0.05) is 10.2 Å². The number of rotatable bonds is 2. The summed E-state index contributed by atoms with van der Waals surface area (Å²) in [7, 11) is 0. The second kappa shape index (κ2) is 6.69. The lowest BCUT2D eigenvalue weighted by atomic mass is 9.80. The van der Waals surface area contributed by atoms with Crippen LogP contribution in [0, 0.1) is 0 Å². The summed E-state index contributed by atoms with van der Waals surface area (Å²) in [6.45, 7) is 2.18. The monoisotopic (exact) mass is 385 g/mol. The highest BCUT2D eigenvalue weighted by Crippen LogP contribution is 2.38. The molecule has 4 heteroatoms. The Labute approximate surface area is 151 Å². The van der Waals surface area contributed by atoms with Crippen LogP contribution in [0.3, 0.4) is 0 Å². The average Bonchev–Trinajstić information content (AvgIpc) is 2.62. The van der Waals surface area contributed by atoms with Crippen molar-refractivity contribution in [3.8, 4) is 0 Å². The zero-order valence-electron chi connectivity index (χ0n) is 13.6. The molecule has 0 radical (unpaired) electrons. The molecule has 1 amide bonds. The van der Waals surface area contributed by atoms with Gasteiger partial charge in [-0.3, -0.25) is 4.79 Å². The standard InChI is InChI=1S/C20H21BrN2O/c21-15-9-10-17-16(13-15)18(14-7-3-1-4-8-14)19(20(24)22-17)23-11-5-2-6-12-23/h1,3-4,7-10,13,18-19H,2,5-6,11-12H2,(H,22,24)/p+1/t18-,19+/m0/s1. The Bertz CT molecular complexity index is 741. The van der Waals surface area contributed by atoms with Crippen molar-refractivity contribution in [3.05, 3.63) is 64.1 Å². The molecule has 2 atom stereocenters. The molecule has 124 valence electrons. The van der Waals surface area contributed by atoms with Gasteiger partial charge < -0.3 is 10.2 Å². The van der Waals surface area contributed by atoms with E-state index in [4.69, 9.17) is 0 Å². The molecule has 0 bridgehead atoms. The molecule has 2 aromatic carbocycles. The summed E-state index contributed by atoms with van der Waals surface area (Å²) < 4.78 is 1.06. The van der Waals surface area contributed by atoms with Gasteiger partial charge in [0.25, 0.3) is 5.91 Å². The van der Waals surface area contributed by atoms with Crippen LogP contribution in [0.15, 0.2) is 53.0 Å². The first-order valence-corrected chi connectivity index (χ1v) is 9.53. The molecule has 2 aliphatic heterocycles. The van der Waals surface area contributed by atoms with Crippen LogP contribution in [0.25, 0.3) is 0 Å². The summed E-state index contributed by atoms with van der Waals surface area (Å²) in [6.07, 6.45) is 3.72. The van der Waals surface area contributed by atoms with Gasteiger partial charge >= 0.3 is 0 Å². The van der Waals surface area contributed by atoms with Crippen LogP contribution >= 0.6 is 15.9 Å². The number of halogens is 1. The number of hydrogen-bond donors (Lipinski definition) is 2. The summed E-state index contributed by atoms with van der Waals surface area (Å²) in [6, 6.07) is 16.6. The molecule has 0 aromatic heterocycles. The summed E-state index contributed by atoms with van der Waals surface area (Å²) in [5, 5.41) is 3.15. The lowest BCUT2D eigenvalue weighted by molar-refractivity contribution is -0.921. The van der Waals surface area contributed by atoms with Crippen molar-refractivity contribution in [1.29, 1.82) is 0 Å². The molecule has 2 aromatic rings. The number of hydrogen-bond acceptors (Lipinski definition) is 1. The minimum absolute atomic E-state index is 0.0468. The topological polar surface area (TPSA) is 33.5 Å². The third-order valence-electron chi connectivity index (χ3n) is 5.32.